The normalized spacial score (nSPS) is 11.2. The largest absolute Gasteiger partial charge is 0.385 e. The Labute approximate surface area is 201 Å². The standard InChI is InChI=1S/C24H26ClN5O2S/c1-32-14-6-13-30-23(19-8-2-4-9-20(19)25)28-29-24(30)33-16-22(31)26-12-11-17-15-27-21-10-5-3-7-18(17)21/h2-5,7-10,15,27H,6,11-14,16H2,1H3,(H,26,31). The van der Waals surface area contributed by atoms with Crippen molar-refractivity contribution in [3.8, 4) is 11.4 Å². The van der Waals surface area contributed by atoms with Crippen LogP contribution in [0.5, 0.6) is 0 Å². The summed E-state index contributed by atoms with van der Waals surface area (Å²) in [4.78, 5) is 15.7. The van der Waals surface area contributed by atoms with Crippen LogP contribution in [0.1, 0.15) is 12.0 Å². The van der Waals surface area contributed by atoms with Crippen molar-refractivity contribution in [1.29, 1.82) is 0 Å². The first-order valence-corrected chi connectivity index (χ1v) is 12.1. The molecule has 0 spiro atoms. The van der Waals surface area contributed by atoms with Crippen LogP contribution in [-0.2, 0) is 22.5 Å². The van der Waals surface area contributed by atoms with Gasteiger partial charge in [0.25, 0.3) is 0 Å². The molecule has 2 aromatic heterocycles. The number of rotatable bonds is 11. The summed E-state index contributed by atoms with van der Waals surface area (Å²) >= 11 is 7.76. The number of para-hydroxylation sites is 1. The first-order valence-electron chi connectivity index (χ1n) is 10.8. The molecule has 0 bridgehead atoms. The number of amides is 1. The van der Waals surface area contributed by atoms with Crippen LogP contribution in [0.15, 0.2) is 59.9 Å². The molecule has 0 aliphatic heterocycles. The summed E-state index contributed by atoms with van der Waals surface area (Å²) in [6, 6.07) is 15.7. The lowest BCUT2D eigenvalue weighted by Gasteiger charge is -2.11. The summed E-state index contributed by atoms with van der Waals surface area (Å²) in [5.41, 5.74) is 3.12. The Morgan fingerprint density at radius 1 is 1.18 bits per heavy atom. The summed E-state index contributed by atoms with van der Waals surface area (Å²) in [6.45, 7) is 1.87. The third kappa shape index (κ3) is 5.76. The smallest absolute Gasteiger partial charge is 0.230 e. The number of nitrogens with one attached hydrogen (secondary N) is 2. The topological polar surface area (TPSA) is 84.8 Å². The molecule has 0 radical (unpaired) electrons. The van der Waals surface area contributed by atoms with Gasteiger partial charge in [0.2, 0.25) is 5.91 Å². The van der Waals surface area contributed by atoms with E-state index in [1.807, 2.05) is 53.2 Å². The molecule has 9 heteroatoms. The highest BCUT2D eigenvalue weighted by molar-refractivity contribution is 7.99. The Morgan fingerprint density at radius 3 is 2.85 bits per heavy atom. The minimum absolute atomic E-state index is 0.0365. The van der Waals surface area contributed by atoms with Crippen LogP contribution in [0, 0.1) is 0 Å². The van der Waals surface area contributed by atoms with E-state index in [-0.39, 0.29) is 11.7 Å². The van der Waals surface area contributed by atoms with Crippen LogP contribution in [0.2, 0.25) is 5.02 Å². The summed E-state index contributed by atoms with van der Waals surface area (Å²) in [7, 11) is 1.68. The van der Waals surface area contributed by atoms with Gasteiger partial charge in [-0.3, -0.25) is 4.79 Å². The Balaban J connectivity index is 1.36. The molecule has 0 saturated heterocycles. The lowest BCUT2D eigenvalue weighted by molar-refractivity contribution is -0.118. The number of H-pyrrole nitrogens is 1. The van der Waals surface area contributed by atoms with E-state index in [4.69, 9.17) is 16.3 Å². The lowest BCUT2D eigenvalue weighted by Crippen LogP contribution is -2.27. The molecule has 7 nitrogen and oxygen atoms in total. The summed E-state index contributed by atoms with van der Waals surface area (Å²) < 4.78 is 7.20. The van der Waals surface area contributed by atoms with E-state index >= 15 is 0 Å². The zero-order valence-electron chi connectivity index (χ0n) is 18.4. The molecule has 0 saturated carbocycles. The second kappa shape index (κ2) is 11.4. The molecule has 4 aromatic rings. The Kier molecular flexibility index (Phi) is 8.04. The fourth-order valence-electron chi connectivity index (χ4n) is 3.66. The number of aromatic amines is 1. The molecule has 2 N–H and O–H groups in total. The van der Waals surface area contributed by atoms with Crippen molar-refractivity contribution in [3.05, 3.63) is 65.3 Å². The zero-order valence-corrected chi connectivity index (χ0v) is 20.0. The van der Waals surface area contributed by atoms with E-state index in [1.54, 1.807) is 7.11 Å². The van der Waals surface area contributed by atoms with Gasteiger partial charge in [0.15, 0.2) is 11.0 Å². The second-order valence-electron chi connectivity index (χ2n) is 7.53. The van der Waals surface area contributed by atoms with Gasteiger partial charge in [0.05, 0.1) is 10.8 Å². The van der Waals surface area contributed by atoms with Crippen LogP contribution in [0.25, 0.3) is 22.3 Å². The molecule has 0 atom stereocenters. The number of halogens is 1. The average molecular weight is 484 g/mol. The Hall–Kier alpha value is -2.81. The van der Waals surface area contributed by atoms with E-state index in [0.717, 1.165) is 23.9 Å². The van der Waals surface area contributed by atoms with Gasteiger partial charge in [-0.25, -0.2) is 0 Å². The first-order chi connectivity index (χ1) is 16.2. The van der Waals surface area contributed by atoms with Crippen molar-refractivity contribution >= 4 is 40.2 Å². The van der Waals surface area contributed by atoms with Crippen LogP contribution in [-0.4, -0.2) is 51.7 Å². The zero-order chi connectivity index (χ0) is 23.0. The maximum atomic E-state index is 12.5. The number of ether oxygens (including phenoxy) is 1. The van der Waals surface area contributed by atoms with E-state index in [2.05, 4.69) is 26.6 Å². The Morgan fingerprint density at radius 2 is 2.00 bits per heavy atom. The van der Waals surface area contributed by atoms with Crippen LogP contribution in [0.4, 0.5) is 0 Å². The van der Waals surface area contributed by atoms with Crippen LogP contribution in [0.3, 0.4) is 0 Å². The third-order valence-electron chi connectivity index (χ3n) is 5.29. The number of aromatic nitrogens is 4. The highest BCUT2D eigenvalue weighted by Gasteiger charge is 2.17. The predicted octanol–water partition coefficient (Wildman–Crippen LogP) is 4.57. The lowest BCUT2D eigenvalue weighted by atomic mass is 10.1. The number of fused-ring (bicyclic) bond motifs is 1. The molecular formula is C24H26ClN5O2S. The van der Waals surface area contributed by atoms with E-state index in [0.29, 0.717) is 35.7 Å². The molecule has 0 aliphatic carbocycles. The molecule has 33 heavy (non-hydrogen) atoms. The van der Waals surface area contributed by atoms with Gasteiger partial charge in [-0.1, -0.05) is 53.7 Å². The van der Waals surface area contributed by atoms with Gasteiger partial charge in [0, 0.05) is 49.5 Å². The molecule has 1 amide bonds. The van der Waals surface area contributed by atoms with Gasteiger partial charge in [-0.2, -0.15) is 0 Å². The molecule has 4 rings (SSSR count). The van der Waals surface area contributed by atoms with E-state index < -0.39 is 0 Å². The molecule has 0 aliphatic rings. The van der Waals surface area contributed by atoms with Crippen molar-refractivity contribution in [2.75, 3.05) is 26.0 Å². The fourth-order valence-corrected chi connectivity index (χ4v) is 4.68. The fraction of sp³-hybridized carbons (Fsp3) is 0.292. The molecule has 0 fully saturated rings. The third-order valence-corrected chi connectivity index (χ3v) is 6.58. The Bertz CT molecular complexity index is 1220. The highest BCUT2D eigenvalue weighted by atomic mass is 35.5. The predicted molar refractivity (Wildman–Crippen MR) is 133 cm³/mol. The van der Waals surface area contributed by atoms with Gasteiger partial charge in [-0.15, -0.1) is 10.2 Å². The summed E-state index contributed by atoms with van der Waals surface area (Å²) in [5, 5.41) is 14.2. The number of methoxy groups -OCH3 is 1. The number of hydrogen-bond donors (Lipinski definition) is 2. The van der Waals surface area contributed by atoms with Gasteiger partial charge in [0.1, 0.15) is 0 Å². The summed E-state index contributed by atoms with van der Waals surface area (Å²) in [5.74, 6) is 0.920. The van der Waals surface area contributed by atoms with Crippen molar-refractivity contribution in [2.24, 2.45) is 0 Å². The number of carbonyl (C=O) groups is 1. The average Bonchev–Trinajstić information content (AvgIpc) is 3.42. The van der Waals surface area contributed by atoms with Gasteiger partial charge in [-0.05, 0) is 36.6 Å². The van der Waals surface area contributed by atoms with Crippen molar-refractivity contribution in [1.82, 2.24) is 25.1 Å². The number of carbonyl (C=O) groups excluding carboxylic acids is 1. The minimum atomic E-state index is -0.0365. The number of benzene rings is 2. The second-order valence-corrected chi connectivity index (χ2v) is 8.88. The SMILES string of the molecule is COCCCn1c(SCC(=O)NCCc2c[nH]c3ccccc23)nnc1-c1ccccc1Cl. The molecular weight excluding hydrogens is 458 g/mol. The quantitative estimate of drug-likeness (QED) is 0.241. The maximum Gasteiger partial charge on any atom is 0.230 e. The van der Waals surface area contributed by atoms with Crippen molar-refractivity contribution in [2.45, 2.75) is 24.5 Å². The van der Waals surface area contributed by atoms with Crippen LogP contribution >= 0.6 is 23.4 Å². The number of nitrogens with zero attached hydrogens (tertiary/aromatic N) is 3. The van der Waals surface area contributed by atoms with E-state index in [9.17, 15) is 4.79 Å². The molecule has 2 heterocycles. The highest BCUT2D eigenvalue weighted by Crippen LogP contribution is 2.29. The number of thioether (sulfide) groups is 1. The molecule has 0 unspecified atom stereocenters. The van der Waals surface area contributed by atoms with Crippen molar-refractivity contribution in [3.63, 3.8) is 0 Å². The van der Waals surface area contributed by atoms with Gasteiger partial charge < -0.3 is 19.6 Å². The maximum absolute atomic E-state index is 12.5. The van der Waals surface area contributed by atoms with Gasteiger partial charge >= 0.3 is 0 Å². The first kappa shape index (κ1) is 23.4. The number of hydrogen-bond acceptors (Lipinski definition) is 5. The monoisotopic (exact) mass is 483 g/mol. The van der Waals surface area contributed by atoms with E-state index in [1.165, 1.54) is 22.7 Å². The minimum Gasteiger partial charge on any atom is -0.385 e. The van der Waals surface area contributed by atoms with Crippen molar-refractivity contribution < 1.29 is 9.53 Å². The van der Waals surface area contributed by atoms with Crippen LogP contribution < -0.4 is 5.32 Å². The summed E-state index contributed by atoms with van der Waals surface area (Å²) in [6.07, 6.45) is 3.57. The molecule has 172 valence electrons. The molecule has 2 aromatic carbocycles.